The van der Waals surface area contributed by atoms with Crippen LogP contribution in [0.15, 0.2) is 0 Å². The van der Waals surface area contributed by atoms with Gasteiger partial charge in [-0.25, -0.2) is 0 Å². The van der Waals surface area contributed by atoms with Crippen molar-refractivity contribution in [2.24, 2.45) is 0 Å². The van der Waals surface area contributed by atoms with Gasteiger partial charge in [-0.2, -0.15) is 13.2 Å². The molecule has 0 heterocycles. The standard InChI is InChI=1S/C8H13ClF3NO/c9-5-2-1-3-7(14)13-6-4-8(10,11)12/h1-6H2,(H,13,14). The third-order valence-electron chi connectivity index (χ3n) is 1.52. The lowest BCUT2D eigenvalue weighted by Crippen LogP contribution is -2.27. The summed E-state index contributed by atoms with van der Waals surface area (Å²) in [6.45, 7) is -0.344. The molecule has 0 saturated carbocycles. The Balaban J connectivity index is 3.36. The molecule has 0 rings (SSSR count). The lowest BCUT2D eigenvalue weighted by Gasteiger charge is -2.07. The largest absolute Gasteiger partial charge is 0.390 e. The maximum Gasteiger partial charge on any atom is 0.390 e. The summed E-state index contributed by atoms with van der Waals surface area (Å²) >= 11 is 5.37. The molecule has 0 aromatic carbocycles. The van der Waals surface area contributed by atoms with Gasteiger partial charge in [0.15, 0.2) is 0 Å². The minimum absolute atomic E-state index is 0.241. The fraction of sp³-hybridized carbons (Fsp3) is 0.875. The molecule has 0 saturated heterocycles. The van der Waals surface area contributed by atoms with E-state index in [-0.39, 0.29) is 18.9 Å². The Kier molecular flexibility index (Phi) is 6.70. The zero-order chi connectivity index (χ0) is 11.0. The van der Waals surface area contributed by atoms with Crippen molar-refractivity contribution in [3.63, 3.8) is 0 Å². The summed E-state index contributed by atoms with van der Waals surface area (Å²) in [4.78, 5) is 10.9. The average Bonchev–Trinajstić information content (AvgIpc) is 2.02. The summed E-state index contributed by atoms with van der Waals surface area (Å²) in [6.07, 6.45) is -3.63. The van der Waals surface area contributed by atoms with Crippen LogP contribution < -0.4 is 5.32 Å². The van der Waals surface area contributed by atoms with E-state index in [0.29, 0.717) is 18.7 Å². The maximum atomic E-state index is 11.6. The summed E-state index contributed by atoms with van der Waals surface area (Å²) in [5.41, 5.74) is 0. The minimum Gasteiger partial charge on any atom is -0.356 e. The molecule has 0 bridgehead atoms. The van der Waals surface area contributed by atoms with Gasteiger partial charge in [0.05, 0.1) is 6.42 Å². The fourth-order valence-corrected chi connectivity index (χ4v) is 1.00. The summed E-state index contributed by atoms with van der Waals surface area (Å²) < 4.78 is 34.9. The van der Waals surface area contributed by atoms with Gasteiger partial charge in [0.25, 0.3) is 0 Å². The third-order valence-corrected chi connectivity index (χ3v) is 1.79. The number of nitrogens with one attached hydrogen (secondary N) is 1. The second kappa shape index (κ2) is 6.92. The molecule has 0 radical (unpaired) electrons. The van der Waals surface area contributed by atoms with Crippen LogP contribution in [0.2, 0.25) is 0 Å². The number of halogens is 4. The predicted octanol–water partition coefficient (Wildman–Crippen LogP) is 2.46. The first kappa shape index (κ1) is 13.5. The molecule has 2 nitrogen and oxygen atoms in total. The SMILES string of the molecule is O=C(CCCCCl)NCCC(F)(F)F. The molecule has 0 aliphatic rings. The Morgan fingerprint density at radius 2 is 1.93 bits per heavy atom. The van der Waals surface area contributed by atoms with E-state index in [1.165, 1.54) is 0 Å². The van der Waals surface area contributed by atoms with Gasteiger partial charge in [-0.1, -0.05) is 0 Å². The highest BCUT2D eigenvalue weighted by atomic mass is 35.5. The van der Waals surface area contributed by atoms with E-state index in [1.54, 1.807) is 0 Å². The first-order chi connectivity index (χ1) is 6.45. The maximum absolute atomic E-state index is 11.6. The summed E-state index contributed by atoms with van der Waals surface area (Å²) in [5, 5.41) is 2.20. The molecular formula is C8H13ClF3NO. The van der Waals surface area contributed by atoms with Gasteiger partial charge in [-0.15, -0.1) is 11.6 Å². The Labute approximate surface area is 85.8 Å². The van der Waals surface area contributed by atoms with E-state index in [2.05, 4.69) is 5.32 Å². The smallest absolute Gasteiger partial charge is 0.356 e. The lowest BCUT2D eigenvalue weighted by molar-refractivity contribution is -0.135. The van der Waals surface area contributed by atoms with Gasteiger partial charge in [0.1, 0.15) is 0 Å². The molecule has 6 heteroatoms. The zero-order valence-electron chi connectivity index (χ0n) is 7.66. The molecule has 0 aromatic heterocycles. The number of unbranched alkanes of at least 4 members (excludes halogenated alkanes) is 1. The molecule has 84 valence electrons. The van der Waals surface area contributed by atoms with Crippen molar-refractivity contribution in [1.82, 2.24) is 5.32 Å². The first-order valence-corrected chi connectivity index (χ1v) is 4.88. The molecule has 14 heavy (non-hydrogen) atoms. The highest BCUT2D eigenvalue weighted by Gasteiger charge is 2.26. The molecule has 0 atom stereocenters. The number of amides is 1. The van der Waals surface area contributed by atoms with E-state index >= 15 is 0 Å². The molecule has 0 aliphatic carbocycles. The molecule has 0 aromatic rings. The highest BCUT2D eigenvalue weighted by molar-refractivity contribution is 6.17. The van der Waals surface area contributed by atoms with Gasteiger partial charge < -0.3 is 5.32 Å². The minimum atomic E-state index is -4.20. The summed E-state index contributed by atoms with van der Waals surface area (Å²) in [6, 6.07) is 0. The van der Waals surface area contributed by atoms with Gasteiger partial charge in [0.2, 0.25) is 5.91 Å². The number of hydrogen-bond acceptors (Lipinski definition) is 1. The van der Waals surface area contributed by atoms with Gasteiger partial charge in [-0.05, 0) is 12.8 Å². The molecule has 0 fully saturated rings. The van der Waals surface area contributed by atoms with E-state index in [4.69, 9.17) is 11.6 Å². The van der Waals surface area contributed by atoms with Crippen LogP contribution in [-0.2, 0) is 4.79 Å². The Hall–Kier alpha value is -0.450. The first-order valence-electron chi connectivity index (χ1n) is 4.35. The quantitative estimate of drug-likeness (QED) is 0.552. The zero-order valence-corrected chi connectivity index (χ0v) is 8.42. The molecule has 0 unspecified atom stereocenters. The normalized spacial score (nSPS) is 11.4. The second-order valence-electron chi connectivity index (χ2n) is 2.86. The highest BCUT2D eigenvalue weighted by Crippen LogP contribution is 2.18. The van der Waals surface area contributed by atoms with Crippen LogP contribution in [-0.4, -0.2) is 24.5 Å². The van der Waals surface area contributed by atoms with Crippen molar-refractivity contribution < 1.29 is 18.0 Å². The molecule has 0 aliphatic heterocycles. The molecule has 1 N–H and O–H groups in total. The monoisotopic (exact) mass is 231 g/mol. The van der Waals surface area contributed by atoms with Crippen LogP contribution in [0.4, 0.5) is 13.2 Å². The van der Waals surface area contributed by atoms with Crippen LogP contribution in [0.5, 0.6) is 0 Å². The van der Waals surface area contributed by atoms with Crippen LogP contribution >= 0.6 is 11.6 Å². The van der Waals surface area contributed by atoms with Crippen LogP contribution in [0.3, 0.4) is 0 Å². The summed E-state index contributed by atoms with van der Waals surface area (Å²) in [7, 11) is 0. The van der Waals surface area contributed by atoms with E-state index in [9.17, 15) is 18.0 Å². The van der Waals surface area contributed by atoms with Crippen molar-refractivity contribution >= 4 is 17.5 Å². The summed E-state index contributed by atoms with van der Waals surface area (Å²) in [5.74, 6) is 0.120. The van der Waals surface area contributed by atoms with Crippen molar-refractivity contribution in [1.29, 1.82) is 0 Å². The topological polar surface area (TPSA) is 29.1 Å². The molecular weight excluding hydrogens is 219 g/mol. The van der Waals surface area contributed by atoms with Crippen molar-refractivity contribution in [3.8, 4) is 0 Å². The van der Waals surface area contributed by atoms with Gasteiger partial charge in [-0.3, -0.25) is 4.79 Å². The average molecular weight is 232 g/mol. The second-order valence-corrected chi connectivity index (χ2v) is 3.24. The fourth-order valence-electron chi connectivity index (χ4n) is 0.812. The van der Waals surface area contributed by atoms with Gasteiger partial charge in [0, 0.05) is 18.8 Å². The van der Waals surface area contributed by atoms with E-state index < -0.39 is 12.6 Å². The Morgan fingerprint density at radius 1 is 1.29 bits per heavy atom. The van der Waals surface area contributed by atoms with Gasteiger partial charge >= 0.3 is 6.18 Å². The van der Waals surface area contributed by atoms with Crippen molar-refractivity contribution in [3.05, 3.63) is 0 Å². The number of hydrogen-bond donors (Lipinski definition) is 1. The van der Waals surface area contributed by atoms with E-state index in [1.807, 2.05) is 0 Å². The Morgan fingerprint density at radius 3 is 2.43 bits per heavy atom. The predicted molar refractivity (Wildman–Crippen MR) is 48.3 cm³/mol. The number of carbonyl (C=O) groups excluding carboxylic acids is 1. The van der Waals surface area contributed by atoms with Crippen molar-refractivity contribution in [2.45, 2.75) is 31.9 Å². The molecule has 0 spiro atoms. The number of alkyl halides is 4. The van der Waals surface area contributed by atoms with Crippen LogP contribution in [0.25, 0.3) is 0 Å². The van der Waals surface area contributed by atoms with E-state index in [0.717, 1.165) is 0 Å². The molecule has 1 amide bonds. The number of carbonyl (C=O) groups is 1. The third kappa shape index (κ3) is 9.64. The number of rotatable bonds is 6. The van der Waals surface area contributed by atoms with Crippen LogP contribution in [0, 0.1) is 0 Å². The lowest BCUT2D eigenvalue weighted by atomic mass is 10.2. The Bertz CT molecular complexity index is 172. The van der Waals surface area contributed by atoms with Crippen molar-refractivity contribution in [2.75, 3.05) is 12.4 Å². The van der Waals surface area contributed by atoms with Crippen LogP contribution in [0.1, 0.15) is 25.7 Å².